The number of nitrogens with two attached hydrogens (primary N) is 1. The van der Waals surface area contributed by atoms with Gasteiger partial charge in [-0.05, 0) is 31.9 Å². The highest BCUT2D eigenvalue weighted by Gasteiger charge is 2.28. The standard InChI is InChI=1S/C13H17FN2OS/c1-13(2,15)12(17)16-10-6-7-18-11-8(10)4-3-5-9(11)14/h3-5,10H,6-7,15H2,1-2H3,(H,16,17). The SMILES string of the molecule is CC(C)(N)C(=O)NC1CCSc2c(F)cccc21. The molecular weight excluding hydrogens is 251 g/mol. The highest BCUT2D eigenvalue weighted by molar-refractivity contribution is 7.99. The lowest BCUT2D eigenvalue weighted by molar-refractivity contribution is -0.126. The molecule has 3 N–H and O–H groups in total. The zero-order valence-electron chi connectivity index (χ0n) is 10.5. The lowest BCUT2D eigenvalue weighted by atomic mass is 10.0. The molecule has 3 nitrogen and oxygen atoms in total. The molecule has 0 spiro atoms. The second-order valence-electron chi connectivity index (χ2n) is 5.04. The maximum Gasteiger partial charge on any atom is 0.239 e. The van der Waals surface area contributed by atoms with Gasteiger partial charge in [-0.3, -0.25) is 4.79 Å². The van der Waals surface area contributed by atoms with Crippen molar-refractivity contribution in [2.24, 2.45) is 5.73 Å². The van der Waals surface area contributed by atoms with Gasteiger partial charge in [-0.15, -0.1) is 11.8 Å². The van der Waals surface area contributed by atoms with E-state index in [1.807, 2.05) is 6.07 Å². The molecule has 1 aromatic carbocycles. The Hall–Kier alpha value is -1.07. The number of hydrogen-bond acceptors (Lipinski definition) is 3. The van der Waals surface area contributed by atoms with E-state index < -0.39 is 5.54 Å². The van der Waals surface area contributed by atoms with Crippen LogP contribution < -0.4 is 11.1 Å². The number of carbonyl (C=O) groups is 1. The van der Waals surface area contributed by atoms with Crippen molar-refractivity contribution in [2.75, 3.05) is 5.75 Å². The molecule has 1 heterocycles. The van der Waals surface area contributed by atoms with Crippen molar-refractivity contribution in [1.82, 2.24) is 5.32 Å². The van der Waals surface area contributed by atoms with Crippen LogP contribution >= 0.6 is 11.8 Å². The smallest absolute Gasteiger partial charge is 0.239 e. The molecule has 0 aliphatic carbocycles. The third kappa shape index (κ3) is 2.67. The maximum atomic E-state index is 13.7. The van der Waals surface area contributed by atoms with E-state index in [2.05, 4.69) is 5.32 Å². The maximum absolute atomic E-state index is 13.7. The average Bonchev–Trinajstić information content (AvgIpc) is 2.29. The fourth-order valence-electron chi connectivity index (χ4n) is 1.88. The molecule has 0 radical (unpaired) electrons. The van der Waals surface area contributed by atoms with Gasteiger partial charge in [0.25, 0.3) is 0 Å². The molecule has 5 heteroatoms. The van der Waals surface area contributed by atoms with Crippen molar-refractivity contribution < 1.29 is 9.18 Å². The predicted molar refractivity (Wildman–Crippen MR) is 70.9 cm³/mol. The van der Waals surface area contributed by atoms with Crippen molar-refractivity contribution in [2.45, 2.75) is 36.7 Å². The summed E-state index contributed by atoms with van der Waals surface area (Å²) in [6, 6.07) is 4.83. The van der Waals surface area contributed by atoms with E-state index in [-0.39, 0.29) is 17.8 Å². The van der Waals surface area contributed by atoms with Gasteiger partial charge in [-0.25, -0.2) is 4.39 Å². The Bertz CT molecular complexity index is 471. The Morgan fingerprint density at radius 1 is 1.56 bits per heavy atom. The Morgan fingerprint density at radius 3 is 2.94 bits per heavy atom. The summed E-state index contributed by atoms with van der Waals surface area (Å²) in [6.45, 7) is 3.32. The number of carbonyl (C=O) groups excluding carboxylic acids is 1. The Balaban J connectivity index is 2.24. The first kappa shape index (κ1) is 13.4. The molecule has 1 aromatic rings. The molecule has 1 atom stereocenters. The molecule has 0 bridgehead atoms. The third-order valence-electron chi connectivity index (χ3n) is 2.92. The number of fused-ring (bicyclic) bond motifs is 1. The minimum absolute atomic E-state index is 0.146. The molecule has 0 aromatic heterocycles. The Morgan fingerprint density at radius 2 is 2.28 bits per heavy atom. The molecule has 1 aliphatic heterocycles. The lowest BCUT2D eigenvalue weighted by Gasteiger charge is -2.29. The van der Waals surface area contributed by atoms with Crippen LogP contribution in [0.2, 0.25) is 0 Å². The number of amides is 1. The molecule has 1 aliphatic rings. The largest absolute Gasteiger partial charge is 0.348 e. The van der Waals surface area contributed by atoms with E-state index in [1.165, 1.54) is 17.8 Å². The van der Waals surface area contributed by atoms with Gasteiger partial charge in [0.2, 0.25) is 5.91 Å². The monoisotopic (exact) mass is 268 g/mol. The first-order chi connectivity index (χ1) is 8.39. The normalized spacial score (nSPS) is 19.2. The van der Waals surface area contributed by atoms with Crippen LogP contribution in [-0.2, 0) is 4.79 Å². The third-order valence-corrected chi connectivity index (χ3v) is 4.08. The summed E-state index contributed by atoms with van der Waals surface area (Å²) in [5, 5.41) is 2.90. The van der Waals surface area contributed by atoms with Crippen LogP contribution in [0, 0.1) is 5.82 Å². The molecule has 1 amide bonds. The van der Waals surface area contributed by atoms with Gasteiger partial charge >= 0.3 is 0 Å². The quantitative estimate of drug-likeness (QED) is 0.864. The fraction of sp³-hybridized carbons (Fsp3) is 0.462. The highest BCUT2D eigenvalue weighted by Crippen LogP contribution is 2.37. The number of benzene rings is 1. The van der Waals surface area contributed by atoms with Gasteiger partial charge in [0.05, 0.1) is 11.6 Å². The highest BCUT2D eigenvalue weighted by atomic mass is 32.2. The Labute approximate surface area is 110 Å². The second-order valence-corrected chi connectivity index (χ2v) is 6.15. The molecule has 1 unspecified atom stereocenters. The summed E-state index contributed by atoms with van der Waals surface area (Å²) in [4.78, 5) is 12.5. The van der Waals surface area contributed by atoms with Crippen LogP contribution in [0.5, 0.6) is 0 Å². The van der Waals surface area contributed by atoms with Crippen molar-refractivity contribution in [1.29, 1.82) is 0 Å². The second kappa shape index (κ2) is 4.90. The van der Waals surface area contributed by atoms with Crippen molar-refractivity contribution in [3.8, 4) is 0 Å². The van der Waals surface area contributed by atoms with E-state index in [1.54, 1.807) is 19.9 Å². The lowest BCUT2D eigenvalue weighted by Crippen LogP contribution is -2.50. The summed E-state index contributed by atoms with van der Waals surface area (Å²) in [5.41, 5.74) is 5.69. The molecule has 0 fully saturated rings. The summed E-state index contributed by atoms with van der Waals surface area (Å²) >= 11 is 1.50. The van der Waals surface area contributed by atoms with E-state index in [9.17, 15) is 9.18 Å². The van der Waals surface area contributed by atoms with Crippen LogP contribution in [0.1, 0.15) is 31.9 Å². The topological polar surface area (TPSA) is 55.1 Å². The van der Waals surface area contributed by atoms with Gasteiger partial charge < -0.3 is 11.1 Å². The molecule has 2 rings (SSSR count). The first-order valence-corrected chi connectivity index (χ1v) is 6.89. The molecular formula is C13H17FN2OS. The van der Waals surface area contributed by atoms with Crippen molar-refractivity contribution >= 4 is 17.7 Å². The summed E-state index contributed by atoms with van der Waals surface area (Å²) < 4.78 is 13.7. The summed E-state index contributed by atoms with van der Waals surface area (Å²) in [6.07, 6.45) is 0.795. The number of hydrogen-bond donors (Lipinski definition) is 2. The summed E-state index contributed by atoms with van der Waals surface area (Å²) in [7, 11) is 0. The van der Waals surface area contributed by atoms with Crippen LogP contribution in [0.15, 0.2) is 23.1 Å². The van der Waals surface area contributed by atoms with Crippen molar-refractivity contribution in [3.05, 3.63) is 29.6 Å². The molecule has 98 valence electrons. The van der Waals surface area contributed by atoms with E-state index in [0.29, 0.717) is 4.90 Å². The van der Waals surface area contributed by atoms with Gasteiger partial charge in [-0.2, -0.15) is 0 Å². The number of thioether (sulfide) groups is 1. The first-order valence-electron chi connectivity index (χ1n) is 5.90. The van der Waals surface area contributed by atoms with Crippen LogP contribution in [0.25, 0.3) is 0 Å². The summed E-state index contributed by atoms with van der Waals surface area (Å²) in [5.74, 6) is 0.363. The predicted octanol–water partition coefficient (Wildman–Crippen LogP) is 2.22. The number of nitrogens with one attached hydrogen (secondary N) is 1. The van der Waals surface area contributed by atoms with Gasteiger partial charge in [0, 0.05) is 10.6 Å². The molecule has 0 saturated heterocycles. The zero-order valence-corrected chi connectivity index (χ0v) is 11.3. The van der Waals surface area contributed by atoms with E-state index in [0.717, 1.165) is 17.7 Å². The minimum atomic E-state index is -0.919. The van der Waals surface area contributed by atoms with Gasteiger partial charge in [-0.1, -0.05) is 12.1 Å². The van der Waals surface area contributed by atoms with E-state index >= 15 is 0 Å². The molecule has 18 heavy (non-hydrogen) atoms. The minimum Gasteiger partial charge on any atom is -0.348 e. The number of rotatable bonds is 2. The zero-order chi connectivity index (χ0) is 13.3. The van der Waals surface area contributed by atoms with Gasteiger partial charge in [0.1, 0.15) is 5.82 Å². The van der Waals surface area contributed by atoms with Crippen LogP contribution in [0.4, 0.5) is 4.39 Å². The van der Waals surface area contributed by atoms with Crippen LogP contribution in [0.3, 0.4) is 0 Å². The number of halogens is 1. The average molecular weight is 268 g/mol. The molecule has 0 saturated carbocycles. The Kier molecular flexibility index (Phi) is 3.64. The van der Waals surface area contributed by atoms with Crippen LogP contribution in [-0.4, -0.2) is 17.2 Å². The van der Waals surface area contributed by atoms with Gasteiger partial charge in [0.15, 0.2) is 0 Å². The van der Waals surface area contributed by atoms with Crippen molar-refractivity contribution in [3.63, 3.8) is 0 Å². The van der Waals surface area contributed by atoms with E-state index in [4.69, 9.17) is 5.73 Å². The fourth-order valence-corrected chi connectivity index (χ4v) is 3.02.